The lowest BCUT2D eigenvalue weighted by Crippen LogP contribution is -2.52. The van der Waals surface area contributed by atoms with Crippen molar-refractivity contribution in [2.45, 2.75) is 56.1 Å². The summed E-state index contributed by atoms with van der Waals surface area (Å²) < 4.78 is 48.5. The van der Waals surface area contributed by atoms with Crippen molar-refractivity contribution in [1.82, 2.24) is 10.2 Å². The summed E-state index contributed by atoms with van der Waals surface area (Å²) in [5.41, 5.74) is 0.327. The maximum Gasteiger partial charge on any atom is 0.264 e. The number of benzene rings is 3. The van der Waals surface area contributed by atoms with Gasteiger partial charge < -0.3 is 15.0 Å². The van der Waals surface area contributed by atoms with Crippen LogP contribution in [0.25, 0.3) is 0 Å². The van der Waals surface area contributed by atoms with Crippen molar-refractivity contribution < 1.29 is 27.1 Å². The van der Waals surface area contributed by atoms with E-state index in [9.17, 15) is 22.4 Å². The fourth-order valence-corrected chi connectivity index (χ4v) is 6.52. The van der Waals surface area contributed by atoms with Crippen LogP contribution in [0, 0.1) is 5.82 Å². The molecule has 11 heteroatoms. The highest BCUT2D eigenvalue weighted by atomic mass is 35.5. The van der Waals surface area contributed by atoms with Crippen molar-refractivity contribution in [2.24, 2.45) is 0 Å². The zero-order chi connectivity index (χ0) is 29.6. The second-order valence-corrected chi connectivity index (χ2v) is 12.2. The van der Waals surface area contributed by atoms with Gasteiger partial charge in [-0.05, 0) is 56.2 Å². The molecule has 0 heterocycles. The van der Waals surface area contributed by atoms with Crippen LogP contribution in [0.1, 0.15) is 38.2 Å². The molecule has 3 aromatic carbocycles. The second kappa shape index (κ2) is 13.4. The molecule has 0 saturated heterocycles. The Kier molecular flexibility index (Phi) is 9.88. The Morgan fingerprint density at radius 2 is 1.71 bits per heavy atom. The lowest BCUT2D eigenvalue weighted by atomic mass is 10.1. The Hall–Kier alpha value is -3.63. The van der Waals surface area contributed by atoms with Crippen LogP contribution in [-0.4, -0.2) is 50.9 Å². The molecule has 0 spiro atoms. The highest BCUT2D eigenvalue weighted by Crippen LogP contribution is 2.32. The van der Waals surface area contributed by atoms with Crippen molar-refractivity contribution in [3.05, 3.63) is 89.2 Å². The third-order valence-electron chi connectivity index (χ3n) is 7.20. The molecular formula is C30H33ClFN3O5S. The van der Waals surface area contributed by atoms with Gasteiger partial charge >= 0.3 is 0 Å². The van der Waals surface area contributed by atoms with E-state index >= 15 is 0 Å². The first-order valence-electron chi connectivity index (χ1n) is 13.4. The van der Waals surface area contributed by atoms with Crippen LogP contribution in [0.15, 0.2) is 77.7 Å². The Labute approximate surface area is 245 Å². The topological polar surface area (TPSA) is 96.0 Å². The number of methoxy groups -OCH3 is 1. The van der Waals surface area contributed by atoms with Gasteiger partial charge in [0.1, 0.15) is 24.2 Å². The van der Waals surface area contributed by atoms with Crippen LogP contribution in [0.5, 0.6) is 5.75 Å². The van der Waals surface area contributed by atoms with E-state index in [0.717, 1.165) is 30.0 Å². The number of amides is 2. The second-order valence-electron chi connectivity index (χ2n) is 9.92. The predicted molar refractivity (Wildman–Crippen MR) is 156 cm³/mol. The number of sulfonamides is 1. The van der Waals surface area contributed by atoms with Gasteiger partial charge in [-0.15, -0.1) is 0 Å². The number of ether oxygens (including phenoxy) is 1. The van der Waals surface area contributed by atoms with Gasteiger partial charge in [-0.2, -0.15) is 0 Å². The van der Waals surface area contributed by atoms with Crippen LogP contribution in [0.2, 0.25) is 5.02 Å². The number of anilines is 1. The van der Waals surface area contributed by atoms with Gasteiger partial charge in [-0.1, -0.05) is 60.8 Å². The van der Waals surface area contributed by atoms with Crippen LogP contribution in [0.4, 0.5) is 10.1 Å². The first kappa shape index (κ1) is 30.3. The van der Waals surface area contributed by atoms with Gasteiger partial charge in [-0.25, -0.2) is 12.8 Å². The predicted octanol–water partition coefficient (Wildman–Crippen LogP) is 5.16. The monoisotopic (exact) mass is 601 g/mol. The number of hydrogen-bond acceptors (Lipinski definition) is 5. The highest BCUT2D eigenvalue weighted by Gasteiger charge is 2.34. The quantitative estimate of drug-likeness (QED) is 0.328. The largest absolute Gasteiger partial charge is 0.495 e. The summed E-state index contributed by atoms with van der Waals surface area (Å²) in [5, 5.41) is 3.14. The van der Waals surface area contributed by atoms with Crippen molar-refractivity contribution in [3.63, 3.8) is 0 Å². The third-order valence-corrected chi connectivity index (χ3v) is 9.28. The molecule has 1 atom stereocenters. The van der Waals surface area contributed by atoms with Gasteiger partial charge in [0, 0.05) is 18.2 Å². The Bertz CT molecular complexity index is 1480. The number of rotatable bonds is 11. The molecule has 1 aliphatic rings. The fraction of sp³-hybridized carbons (Fsp3) is 0.333. The molecule has 0 aromatic heterocycles. The molecule has 218 valence electrons. The number of nitrogens with zero attached hydrogens (tertiary/aromatic N) is 2. The van der Waals surface area contributed by atoms with E-state index in [2.05, 4.69) is 5.32 Å². The first-order chi connectivity index (χ1) is 19.6. The summed E-state index contributed by atoms with van der Waals surface area (Å²) in [6.07, 6.45) is 3.71. The molecule has 3 aromatic rings. The van der Waals surface area contributed by atoms with E-state index in [1.165, 1.54) is 60.5 Å². The Balaban J connectivity index is 1.71. The molecule has 1 aliphatic carbocycles. The normalized spacial score (nSPS) is 14.3. The first-order valence-corrected chi connectivity index (χ1v) is 15.2. The average Bonchev–Trinajstić information content (AvgIpc) is 3.48. The van der Waals surface area contributed by atoms with Gasteiger partial charge in [0.2, 0.25) is 11.8 Å². The summed E-state index contributed by atoms with van der Waals surface area (Å²) in [6.45, 7) is 0.673. The number of halogens is 2. The van der Waals surface area contributed by atoms with Gasteiger partial charge in [0.15, 0.2) is 0 Å². The molecule has 2 amide bonds. The third kappa shape index (κ3) is 7.18. The maximum absolute atomic E-state index is 14.7. The average molecular weight is 602 g/mol. The SMILES string of the molecule is COc1ccc(N(CC(=O)N(Cc2ccccc2F)[C@H](C)C(=O)NC2CCCC2)S(=O)(=O)c2ccccc2)cc1Cl. The fourth-order valence-electron chi connectivity index (χ4n) is 4.84. The van der Waals surface area contributed by atoms with E-state index in [-0.39, 0.29) is 39.7 Å². The minimum Gasteiger partial charge on any atom is -0.495 e. The lowest BCUT2D eigenvalue weighted by molar-refractivity contribution is -0.139. The summed E-state index contributed by atoms with van der Waals surface area (Å²) in [4.78, 5) is 28.4. The lowest BCUT2D eigenvalue weighted by Gasteiger charge is -2.32. The van der Waals surface area contributed by atoms with Gasteiger partial charge in [-0.3, -0.25) is 13.9 Å². The van der Waals surface area contributed by atoms with Crippen molar-refractivity contribution in [1.29, 1.82) is 0 Å². The van der Waals surface area contributed by atoms with E-state index < -0.39 is 34.3 Å². The van der Waals surface area contributed by atoms with Crippen molar-refractivity contribution in [3.8, 4) is 5.75 Å². The Morgan fingerprint density at radius 3 is 2.34 bits per heavy atom. The molecule has 0 unspecified atom stereocenters. The van der Waals surface area contributed by atoms with Gasteiger partial charge in [0.05, 0.1) is 22.7 Å². The standard InChI is InChI=1S/C30H33ClFN3O5S/c1-21(30(37)33-23-11-7-8-12-23)34(19-22-10-6-9-15-27(22)32)29(36)20-35(24-16-17-28(40-2)26(31)18-24)41(38,39)25-13-4-3-5-14-25/h3-6,9-10,13-18,21,23H,7-8,11-12,19-20H2,1-2H3,(H,33,37)/t21-/m1/s1. The zero-order valence-corrected chi connectivity index (χ0v) is 24.5. The van der Waals surface area contributed by atoms with E-state index in [1.807, 2.05) is 0 Å². The minimum absolute atomic E-state index is 0.00626. The van der Waals surface area contributed by atoms with Crippen molar-refractivity contribution in [2.75, 3.05) is 18.0 Å². The van der Waals surface area contributed by atoms with Gasteiger partial charge in [0.25, 0.3) is 10.0 Å². The molecule has 41 heavy (non-hydrogen) atoms. The van der Waals surface area contributed by atoms with E-state index in [4.69, 9.17) is 16.3 Å². The molecule has 8 nitrogen and oxygen atoms in total. The summed E-state index contributed by atoms with van der Waals surface area (Å²) in [7, 11) is -2.82. The molecule has 0 bridgehead atoms. The summed E-state index contributed by atoms with van der Waals surface area (Å²) in [5.74, 6) is -1.28. The van der Waals surface area contributed by atoms with Crippen LogP contribution in [-0.2, 0) is 26.2 Å². The molecule has 1 fully saturated rings. The highest BCUT2D eigenvalue weighted by molar-refractivity contribution is 7.92. The zero-order valence-electron chi connectivity index (χ0n) is 22.9. The number of carbonyl (C=O) groups excluding carboxylic acids is 2. The van der Waals surface area contributed by atoms with E-state index in [1.54, 1.807) is 31.2 Å². The summed E-state index contributed by atoms with van der Waals surface area (Å²) in [6, 6.07) is 17.0. The number of nitrogens with one attached hydrogen (secondary N) is 1. The Morgan fingerprint density at radius 1 is 1.05 bits per heavy atom. The number of carbonyl (C=O) groups is 2. The van der Waals surface area contributed by atoms with E-state index in [0.29, 0.717) is 5.75 Å². The molecule has 4 rings (SSSR count). The number of hydrogen-bond donors (Lipinski definition) is 1. The smallest absolute Gasteiger partial charge is 0.264 e. The van der Waals surface area contributed by atoms with Crippen LogP contribution < -0.4 is 14.4 Å². The molecule has 1 N–H and O–H groups in total. The molecule has 0 radical (unpaired) electrons. The molecule has 1 saturated carbocycles. The molecular weight excluding hydrogens is 569 g/mol. The molecule has 0 aliphatic heterocycles. The summed E-state index contributed by atoms with van der Waals surface area (Å²) >= 11 is 6.33. The minimum atomic E-state index is -4.25. The maximum atomic E-state index is 14.7. The van der Waals surface area contributed by atoms with Crippen LogP contribution in [0.3, 0.4) is 0 Å². The van der Waals surface area contributed by atoms with Crippen molar-refractivity contribution >= 4 is 39.1 Å². The van der Waals surface area contributed by atoms with Crippen LogP contribution >= 0.6 is 11.6 Å².